The minimum atomic E-state index is -0.596. The Morgan fingerprint density at radius 1 is 1.75 bits per heavy atom. The first kappa shape index (κ1) is 8.20. The number of rotatable bonds is 1. The van der Waals surface area contributed by atoms with Gasteiger partial charge in [0.2, 0.25) is 5.69 Å². The Hall–Kier alpha value is -1.90. The fourth-order valence-corrected chi connectivity index (χ4v) is 0.991. The summed E-state index contributed by atoms with van der Waals surface area (Å²) in [5.41, 5.74) is 0.0385. The second-order valence-electron chi connectivity index (χ2n) is 2.28. The summed E-state index contributed by atoms with van der Waals surface area (Å²) in [6, 6.07) is 1.72. The van der Waals surface area contributed by atoms with E-state index in [0.717, 1.165) is 0 Å². The van der Waals surface area contributed by atoms with Gasteiger partial charge in [0.15, 0.2) is 0 Å². The Balaban J connectivity index is 3.45. The summed E-state index contributed by atoms with van der Waals surface area (Å²) in [4.78, 5) is 9.82. The van der Waals surface area contributed by atoms with Crippen LogP contribution in [0.5, 0.6) is 0 Å². The van der Waals surface area contributed by atoms with Crippen molar-refractivity contribution in [1.29, 1.82) is 5.26 Å². The number of aryl methyl sites for hydroxylation is 2. The molecule has 0 aliphatic carbocycles. The summed E-state index contributed by atoms with van der Waals surface area (Å²) in [6.07, 6.45) is 0. The van der Waals surface area contributed by atoms with Crippen LogP contribution in [0.15, 0.2) is 0 Å². The van der Waals surface area contributed by atoms with Crippen molar-refractivity contribution in [2.75, 3.05) is 0 Å². The molecule has 12 heavy (non-hydrogen) atoms. The summed E-state index contributed by atoms with van der Waals surface area (Å²) < 4.78 is 1.20. The average molecular weight is 166 g/mol. The molecular weight excluding hydrogens is 160 g/mol. The van der Waals surface area contributed by atoms with Crippen LogP contribution in [-0.2, 0) is 7.05 Å². The van der Waals surface area contributed by atoms with Crippen molar-refractivity contribution in [3.63, 3.8) is 0 Å². The van der Waals surface area contributed by atoms with Gasteiger partial charge in [-0.2, -0.15) is 10.4 Å². The van der Waals surface area contributed by atoms with Crippen molar-refractivity contribution in [1.82, 2.24) is 9.78 Å². The lowest BCUT2D eigenvalue weighted by Crippen LogP contribution is -1.95. The number of nitriles is 1. The maximum absolute atomic E-state index is 10.4. The van der Waals surface area contributed by atoms with Crippen LogP contribution in [0.4, 0.5) is 5.69 Å². The summed E-state index contributed by atoms with van der Waals surface area (Å²) in [7, 11) is 1.50. The van der Waals surface area contributed by atoms with Crippen LogP contribution in [0.2, 0.25) is 0 Å². The highest BCUT2D eigenvalue weighted by molar-refractivity contribution is 5.47. The topological polar surface area (TPSA) is 84.8 Å². The molecule has 0 atom stereocenters. The molecule has 0 saturated carbocycles. The molecule has 0 saturated heterocycles. The van der Waals surface area contributed by atoms with E-state index in [4.69, 9.17) is 5.26 Å². The molecule has 0 spiro atoms. The van der Waals surface area contributed by atoms with Gasteiger partial charge in [-0.05, 0) is 6.92 Å². The van der Waals surface area contributed by atoms with E-state index >= 15 is 0 Å². The van der Waals surface area contributed by atoms with E-state index in [1.165, 1.54) is 18.7 Å². The van der Waals surface area contributed by atoms with E-state index in [9.17, 15) is 10.1 Å². The van der Waals surface area contributed by atoms with Crippen molar-refractivity contribution < 1.29 is 4.92 Å². The van der Waals surface area contributed by atoms with Gasteiger partial charge in [-0.15, -0.1) is 0 Å². The van der Waals surface area contributed by atoms with Gasteiger partial charge in [-0.1, -0.05) is 0 Å². The molecule has 0 bridgehead atoms. The van der Waals surface area contributed by atoms with Crippen LogP contribution in [-0.4, -0.2) is 14.7 Å². The van der Waals surface area contributed by atoms with Crippen molar-refractivity contribution in [3.8, 4) is 6.07 Å². The van der Waals surface area contributed by atoms with E-state index in [0.29, 0.717) is 0 Å². The predicted molar refractivity (Wildman–Crippen MR) is 39.3 cm³/mol. The first-order valence-electron chi connectivity index (χ1n) is 3.16. The third-order valence-electron chi connectivity index (χ3n) is 1.48. The summed E-state index contributed by atoms with van der Waals surface area (Å²) in [6.45, 7) is 1.50. The largest absolute Gasteiger partial charge is 0.327 e. The van der Waals surface area contributed by atoms with E-state index in [1.54, 1.807) is 6.07 Å². The van der Waals surface area contributed by atoms with E-state index in [-0.39, 0.29) is 17.1 Å². The molecule has 0 amide bonds. The fourth-order valence-electron chi connectivity index (χ4n) is 0.991. The fraction of sp³-hybridized carbons (Fsp3) is 0.333. The van der Waals surface area contributed by atoms with Gasteiger partial charge in [-0.3, -0.25) is 14.8 Å². The number of nitro groups is 1. The number of nitrogens with zero attached hydrogens (tertiary/aromatic N) is 4. The molecule has 0 fully saturated rings. The smallest absolute Gasteiger partial charge is 0.258 e. The first-order valence-corrected chi connectivity index (χ1v) is 3.16. The molecule has 62 valence electrons. The van der Waals surface area contributed by atoms with Gasteiger partial charge >= 0.3 is 5.69 Å². The second kappa shape index (κ2) is 2.62. The van der Waals surface area contributed by atoms with Crippen molar-refractivity contribution in [3.05, 3.63) is 21.5 Å². The van der Waals surface area contributed by atoms with Gasteiger partial charge in [0.1, 0.15) is 11.8 Å². The Labute approximate surface area is 68.2 Å². The second-order valence-corrected chi connectivity index (χ2v) is 2.28. The number of hydrogen-bond acceptors (Lipinski definition) is 4. The predicted octanol–water partition coefficient (Wildman–Crippen LogP) is 0.508. The molecule has 1 aromatic heterocycles. The van der Waals surface area contributed by atoms with Gasteiger partial charge < -0.3 is 0 Å². The Bertz CT molecular complexity index is 374. The quantitative estimate of drug-likeness (QED) is 0.449. The summed E-state index contributed by atoms with van der Waals surface area (Å²) >= 11 is 0. The molecule has 0 unspecified atom stereocenters. The molecule has 1 aromatic rings. The maximum Gasteiger partial charge on any atom is 0.327 e. The molecule has 0 aliphatic heterocycles. The van der Waals surface area contributed by atoms with Crippen molar-refractivity contribution in [2.24, 2.45) is 7.05 Å². The zero-order chi connectivity index (χ0) is 9.30. The van der Waals surface area contributed by atoms with Crippen LogP contribution in [0.1, 0.15) is 11.4 Å². The summed E-state index contributed by atoms with van der Waals surface area (Å²) in [5, 5.41) is 22.7. The number of hydrogen-bond donors (Lipinski definition) is 0. The monoisotopic (exact) mass is 166 g/mol. The molecular formula is C6H6N4O2. The van der Waals surface area contributed by atoms with Crippen LogP contribution in [0.3, 0.4) is 0 Å². The minimum absolute atomic E-state index is 0.0162. The van der Waals surface area contributed by atoms with Crippen LogP contribution < -0.4 is 0 Å². The van der Waals surface area contributed by atoms with Gasteiger partial charge in [0.25, 0.3) is 0 Å². The Kier molecular flexibility index (Phi) is 1.79. The molecule has 0 N–H and O–H groups in total. The average Bonchev–Trinajstić information content (AvgIpc) is 2.24. The molecule has 0 radical (unpaired) electrons. The Morgan fingerprint density at radius 3 is 2.67 bits per heavy atom. The molecule has 6 nitrogen and oxygen atoms in total. The third kappa shape index (κ3) is 1.01. The Morgan fingerprint density at radius 2 is 2.33 bits per heavy atom. The SMILES string of the molecule is Cc1nn(C)c(C#N)c1[N+](=O)[O-]. The van der Waals surface area contributed by atoms with Gasteiger partial charge in [-0.25, -0.2) is 0 Å². The lowest BCUT2D eigenvalue weighted by Gasteiger charge is -1.87. The minimum Gasteiger partial charge on any atom is -0.258 e. The molecule has 6 heteroatoms. The highest BCUT2D eigenvalue weighted by Crippen LogP contribution is 2.20. The van der Waals surface area contributed by atoms with Crippen LogP contribution in [0.25, 0.3) is 0 Å². The lowest BCUT2D eigenvalue weighted by atomic mass is 10.3. The van der Waals surface area contributed by atoms with Gasteiger partial charge in [0.05, 0.1) is 4.92 Å². The molecule has 0 aliphatic rings. The van der Waals surface area contributed by atoms with Gasteiger partial charge in [0, 0.05) is 7.05 Å². The van der Waals surface area contributed by atoms with E-state index in [2.05, 4.69) is 5.10 Å². The van der Waals surface area contributed by atoms with E-state index < -0.39 is 4.92 Å². The molecule has 1 rings (SSSR count). The zero-order valence-electron chi connectivity index (χ0n) is 6.61. The van der Waals surface area contributed by atoms with Crippen molar-refractivity contribution in [2.45, 2.75) is 6.92 Å². The highest BCUT2D eigenvalue weighted by atomic mass is 16.6. The normalized spacial score (nSPS) is 9.42. The molecule has 0 aromatic carbocycles. The van der Waals surface area contributed by atoms with E-state index in [1.807, 2.05) is 0 Å². The highest BCUT2D eigenvalue weighted by Gasteiger charge is 2.23. The lowest BCUT2D eigenvalue weighted by molar-refractivity contribution is -0.385. The summed E-state index contributed by atoms with van der Waals surface area (Å²) in [5.74, 6) is 0. The zero-order valence-corrected chi connectivity index (χ0v) is 6.61. The third-order valence-corrected chi connectivity index (χ3v) is 1.48. The standard InChI is InChI=1S/C6H6N4O2/c1-4-6(10(11)12)5(3-7)9(2)8-4/h1-2H3. The maximum atomic E-state index is 10.4. The van der Waals surface area contributed by atoms with Crippen LogP contribution >= 0.6 is 0 Å². The first-order chi connectivity index (χ1) is 5.57. The number of aromatic nitrogens is 2. The van der Waals surface area contributed by atoms with Crippen molar-refractivity contribution >= 4 is 5.69 Å². The molecule has 1 heterocycles. The van der Waals surface area contributed by atoms with Crippen LogP contribution in [0, 0.1) is 28.4 Å².